The highest BCUT2D eigenvalue weighted by Crippen LogP contribution is 2.27. The van der Waals surface area contributed by atoms with Gasteiger partial charge in [0.2, 0.25) is 17.7 Å². The van der Waals surface area contributed by atoms with Gasteiger partial charge in [-0.25, -0.2) is 0 Å². The lowest BCUT2D eigenvalue weighted by Crippen LogP contribution is -2.56. The molecule has 11 heteroatoms. The smallest absolute Gasteiger partial charge is 0.245 e. The number of likely N-dealkylation sites (tertiary alicyclic amines) is 1. The minimum absolute atomic E-state index is 0.0968. The first-order valence-corrected chi connectivity index (χ1v) is 17.0. The number of nitrogens with two attached hydrogens (primary N) is 1. The average molecular weight is 679 g/mol. The van der Waals surface area contributed by atoms with E-state index < -0.39 is 18.0 Å². The number of fused-ring (bicyclic) bond motifs is 1. The number of hydrogen-bond donors (Lipinski definition) is 6. The lowest BCUT2D eigenvalue weighted by Gasteiger charge is -2.30. The first kappa shape index (κ1) is 35.9. The molecule has 262 valence electrons. The van der Waals surface area contributed by atoms with E-state index in [0.29, 0.717) is 39.0 Å². The molecule has 1 saturated heterocycles. The Hall–Kier alpha value is -5.42. The minimum Gasteiger partial charge on any atom is -0.508 e. The van der Waals surface area contributed by atoms with Crippen LogP contribution in [0.15, 0.2) is 97.1 Å². The second-order valence-corrected chi connectivity index (χ2v) is 12.9. The fraction of sp³-hybridized carbons (Fsp3) is 0.333. The van der Waals surface area contributed by atoms with E-state index in [1.54, 1.807) is 12.1 Å². The molecule has 3 unspecified atom stereocenters. The maximum Gasteiger partial charge on any atom is 0.245 e. The van der Waals surface area contributed by atoms with Gasteiger partial charge in [0.05, 0.1) is 12.7 Å². The molecule has 0 bridgehead atoms. The molecule has 7 N–H and O–H groups in total. The Morgan fingerprint density at radius 3 is 2.26 bits per heavy atom. The lowest BCUT2D eigenvalue weighted by atomic mass is 10.0. The number of hydrogen-bond acceptors (Lipinski definition) is 6. The number of nitrogens with one attached hydrogen (secondary N) is 4. The molecule has 4 aromatic rings. The van der Waals surface area contributed by atoms with Gasteiger partial charge in [-0.15, -0.1) is 0 Å². The maximum absolute atomic E-state index is 14.5. The molecular formula is C39H46N6O5. The zero-order chi connectivity index (χ0) is 35.5. The Bertz CT molecular complexity index is 1770. The topological polar surface area (TPSA) is 170 Å². The molecular weight excluding hydrogens is 632 g/mol. The third-order valence-electron chi connectivity index (χ3n) is 8.96. The van der Waals surface area contributed by atoms with Crippen molar-refractivity contribution in [1.29, 1.82) is 5.41 Å². The van der Waals surface area contributed by atoms with Crippen molar-refractivity contribution in [2.24, 2.45) is 5.73 Å². The molecule has 4 atom stereocenters. The molecule has 0 saturated carbocycles. The Balaban J connectivity index is 1.34. The van der Waals surface area contributed by atoms with Gasteiger partial charge in [-0.3, -0.25) is 19.8 Å². The number of rotatable bonds is 15. The fourth-order valence-corrected chi connectivity index (χ4v) is 6.49. The largest absolute Gasteiger partial charge is 0.508 e. The van der Waals surface area contributed by atoms with Crippen LogP contribution in [0.25, 0.3) is 10.8 Å². The van der Waals surface area contributed by atoms with E-state index >= 15 is 0 Å². The van der Waals surface area contributed by atoms with Gasteiger partial charge in [0, 0.05) is 38.9 Å². The highest BCUT2D eigenvalue weighted by molar-refractivity contribution is 5.92. The summed E-state index contributed by atoms with van der Waals surface area (Å²) in [6, 6.07) is 28.4. The van der Waals surface area contributed by atoms with Gasteiger partial charge in [-0.1, -0.05) is 78.9 Å². The van der Waals surface area contributed by atoms with Gasteiger partial charge in [0.15, 0.2) is 5.96 Å². The van der Waals surface area contributed by atoms with Crippen LogP contribution >= 0.6 is 0 Å². The number of guanidine groups is 1. The van der Waals surface area contributed by atoms with E-state index in [-0.39, 0.29) is 48.5 Å². The summed E-state index contributed by atoms with van der Waals surface area (Å²) in [5.74, 6) is -1.09. The van der Waals surface area contributed by atoms with Gasteiger partial charge in [-0.2, -0.15) is 0 Å². The van der Waals surface area contributed by atoms with E-state index in [1.807, 2.05) is 47.4 Å². The molecule has 1 aliphatic heterocycles. The summed E-state index contributed by atoms with van der Waals surface area (Å²) < 4.78 is 6.41. The van der Waals surface area contributed by atoms with E-state index in [1.165, 1.54) is 19.1 Å². The lowest BCUT2D eigenvalue weighted by molar-refractivity contribution is -0.138. The Kier molecular flexibility index (Phi) is 12.4. The van der Waals surface area contributed by atoms with Gasteiger partial charge in [-0.05, 0) is 64.9 Å². The van der Waals surface area contributed by atoms with Crippen LogP contribution in [0.1, 0.15) is 42.9 Å². The van der Waals surface area contributed by atoms with Crippen LogP contribution in [0, 0.1) is 5.41 Å². The summed E-state index contributed by atoms with van der Waals surface area (Å²) in [4.78, 5) is 42.3. The quantitative estimate of drug-likeness (QED) is 0.0632. The first-order chi connectivity index (χ1) is 24.1. The van der Waals surface area contributed by atoms with Gasteiger partial charge in [0.1, 0.15) is 17.8 Å². The summed E-state index contributed by atoms with van der Waals surface area (Å²) in [6.45, 7) is 2.60. The zero-order valence-corrected chi connectivity index (χ0v) is 28.3. The van der Waals surface area contributed by atoms with Crippen LogP contribution in [0.5, 0.6) is 5.75 Å². The van der Waals surface area contributed by atoms with E-state index in [9.17, 15) is 19.5 Å². The SMILES string of the molecule is CC(=O)NC(Cc1ccc(O)cc1)C(=O)N[C@H](Cc1ccccc1)C(=O)N1CC(OCc2ccc3ccccc3c2)CC1CCCNC(=N)N. The Morgan fingerprint density at radius 1 is 0.880 bits per heavy atom. The Morgan fingerprint density at radius 2 is 1.54 bits per heavy atom. The highest BCUT2D eigenvalue weighted by Gasteiger charge is 2.39. The predicted molar refractivity (Wildman–Crippen MR) is 193 cm³/mol. The molecule has 0 spiro atoms. The number of carbonyl (C=O) groups excluding carboxylic acids is 3. The summed E-state index contributed by atoms with van der Waals surface area (Å²) in [7, 11) is 0. The molecule has 1 aliphatic rings. The molecule has 0 radical (unpaired) electrons. The van der Waals surface area contributed by atoms with E-state index in [0.717, 1.165) is 27.5 Å². The molecule has 1 heterocycles. The third kappa shape index (κ3) is 10.3. The van der Waals surface area contributed by atoms with Crippen LogP contribution in [0.2, 0.25) is 0 Å². The normalized spacial score (nSPS) is 16.8. The van der Waals surface area contributed by atoms with Gasteiger partial charge in [0.25, 0.3) is 0 Å². The maximum atomic E-state index is 14.5. The van der Waals surface area contributed by atoms with Crippen molar-refractivity contribution in [3.05, 3.63) is 114 Å². The minimum atomic E-state index is -0.937. The number of amides is 3. The number of carbonyl (C=O) groups is 3. The molecule has 50 heavy (non-hydrogen) atoms. The number of ether oxygens (including phenoxy) is 1. The summed E-state index contributed by atoms with van der Waals surface area (Å²) >= 11 is 0. The average Bonchev–Trinajstić information content (AvgIpc) is 3.52. The van der Waals surface area contributed by atoms with E-state index in [2.05, 4.69) is 46.3 Å². The third-order valence-corrected chi connectivity index (χ3v) is 8.96. The number of aromatic hydroxyl groups is 1. The second kappa shape index (κ2) is 17.3. The predicted octanol–water partition coefficient (Wildman–Crippen LogP) is 3.77. The van der Waals surface area contributed by atoms with Crippen molar-refractivity contribution < 1.29 is 24.2 Å². The number of nitrogens with zero attached hydrogens (tertiary/aromatic N) is 1. The standard InChI is InChI=1S/C39H46N6O5/c1-26(46)43-35(21-28-14-17-33(47)18-15-28)37(48)44-36(22-27-8-3-2-4-9-27)38(49)45-24-34(23-32(45)12-7-19-42-39(40)41)50-25-29-13-16-30-10-5-6-11-31(30)20-29/h2-6,8-11,13-18,20,32,34-36,47H,7,12,19,21-25H2,1H3,(H,43,46)(H,44,48)(H4,40,41,42)/t32?,34?,35?,36-/m1/s1. The number of benzene rings is 4. The van der Waals surface area contributed by atoms with Gasteiger partial charge < -0.3 is 36.4 Å². The molecule has 4 aromatic carbocycles. The Labute approximate surface area is 292 Å². The molecule has 11 nitrogen and oxygen atoms in total. The van der Waals surface area contributed by atoms with E-state index in [4.69, 9.17) is 15.9 Å². The molecule has 0 aliphatic carbocycles. The van der Waals surface area contributed by atoms with Crippen LogP contribution in [-0.2, 0) is 38.6 Å². The van der Waals surface area contributed by atoms with Crippen molar-refractivity contribution in [3.8, 4) is 5.75 Å². The zero-order valence-electron chi connectivity index (χ0n) is 28.3. The highest BCUT2D eigenvalue weighted by atomic mass is 16.5. The van der Waals surface area contributed by atoms with Crippen molar-refractivity contribution in [1.82, 2.24) is 20.9 Å². The molecule has 1 fully saturated rings. The number of phenols is 1. The van der Waals surface area contributed by atoms with Crippen molar-refractivity contribution in [2.75, 3.05) is 13.1 Å². The fourth-order valence-electron chi connectivity index (χ4n) is 6.49. The summed E-state index contributed by atoms with van der Waals surface area (Å²) in [6.07, 6.45) is 2.18. The van der Waals surface area contributed by atoms with Crippen LogP contribution in [0.3, 0.4) is 0 Å². The van der Waals surface area contributed by atoms with Crippen molar-refractivity contribution in [2.45, 2.75) is 69.9 Å². The second-order valence-electron chi connectivity index (χ2n) is 12.9. The van der Waals surface area contributed by atoms with Crippen molar-refractivity contribution in [3.63, 3.8) is 0 Å². The molecule has 5 rings (SSSR count). The van der Waals surface area contributed by atoms with Gasteiger partial charge >= 0.3 is 0 Å². The van der Waals surface area contributed by atoms with Crippen LogP contribution < -0.4 is 21.7 Å². The van der Waals surface area contributed by atoms with Crippen LogP contribution in [-0.4, -0.2) is 71.0 Å². The molecule has 3 amide bonds. The van der Waals surface area contributed by atoms with Crippen LogP contribution in [0.4, 0.5) is 0 Å². The summed E-state index contributed by atoms with van der Waals surface area (Å²) in [5.41, 5.74) is 8.16. The molecule has 0 aromatic heterocycles. The first-order valence-electron chi connectivity index (χ1n) is 17.0. The van der Waals surface area contributed by atoms with Crippen molar-refractivity contribution >= 4 is 34.5 Å². The summed E-state index contributed by atoms with van der Waals surface area (Å²) in [5, 5.41) is 28.1. The monoisotopic (exact) mass is 678 g/mol. The number of phenolic OH excluding ortho intramolecular Hbond substituents is 1.